The minimum absolute atomic E-state index is 0.221. The summed E-state index contributed by atoms with van der Waals surface area (Å²) in [6.07, 6.45) is 1.74. The molecule has 2 nitrogen and oxygen atoms in total. The molecule has 5 aromatic rings. The summed E-state index contributed by atoms with van der Waals surface area (Å²) in [5.74, 6) is 0.221. The maximum atomic E-state index is 11.7. The van der Waals surface area contributed by atoms with E-state index in [2.05, 4.69) is 41.4 Å². The topological polar surface area (TPSA) is 32.6 Å². The van der Waals surface area contributed by atoms with Gasteiger partial charge in [0.05, 0.1) is 11.1 Å². The minimum atomic E-state index is -0.826. The number of rotatable bonds is 6. The number of hydrogen-bond acceptors (Lipinski definition) is 2. The Morgan fingerprint density at radius 2 is 0.973 bits per heavy atom. The number of aliphatic imine (C=N–C) groups is 1. The van der Waals surface area contributed by atoms with Crippen LogP contribution in [0.1, 0.15) is 27.8 Å². The van der Waals surface area contributed by atoms with Crippen molar-refractivity contribution in [3.63, 3.8) is 0 Å². The van der Waals surface area contributed by atoms with Crippen molar-refractivity contribution in [2.45, 2.75) is 5.41 Å². The van der Waals surface area contributed by atoms with Crippen molar-refractivity contribution in [1.82, 2.24) is 0 Å². The molecule has 0 aromatic heterocycles. The zero-order valence-corrected chi connectivity index (χ0v) is 24.0. The van der Waals surface area contributed by atoms with Gasteiger partial charge in [-0.15, -0.1) is 0 Å². The van der Waals surface area contributed by atoms with Crippen LogP contribution in [0.4, 0.5) is 5.69 Å². The predicted molar refractivity (Wildman–Crippen MR) is 152 cm³/mol. The van der Waals surface area contributed by atoms with E-state index in [-0.39, 0.29) is 5.75 Å². The number of aromatic hydroxyl groups is 1. The molecular weight excluding hydrogens is 576 g/mol. The van der Waals surface area contributed by atoms with Gasteiger partial charge < -0.3 is 5.11 Å². The Balaban J connectivity index is 0.00000102. The molecule has 0 heterocycles. The van der Waals surface area contributed by atoms with Gasteiger partial charge >= 0.3 is 37.9 Å². The van der Waals surface area contributed by atoms with E-state index in [9.17, 15) is 5.11 Å². The summed E-state index contributed by atoms with van der Waals surface area (Å²) in [5.41, 5.74) is 4.87. The third-order valence-corrected chi connectivity index (χ3v) is 6.20. The maximum absolute atomic E-state index is 11.7. The first kappa shape index (κ1) is 27.1. The fourth-order valence-electron chi connectivity index (χ4n) is 4.66. The van der Waals surface area contributed by atoms with Gasteiger partial charge in [0, 0.05) is 17.3 Å². The molecule has 0 saturated heterocycles. The van der Waals surface area contributed by atoms with E-state index < -0.39 is 26.3 Å². The van der Waals surface area contributed by atoms with E-state index in [4.69, 9.17) is 17.0 Å². The summed E-state index contributed by atoms with van der Waals surface area (Å²) >= 11 is -0.826. The average Bonchev–Trinajstić information content (AvgIpc) is 2.96. The Bertz CT molecular complexity index is 1320. The van der Waals surface area contributed by atoms with Gasteiger partial charge in [-0.3, -0.25) is 4.99 Å². The van der Waals surface area contributed by atoms with Crippen LogP contribution in [0.5, 0.6) is 5.75 Å². The molecule has 0 spiro atoms. The van der Waals surface area contributed by atoms with Gasteiger partial charge in [-0.05, 0) is 34.9 Å². The van der Waals surface area contributed by atoms with Gasteiger partial charge in [-0.2, -0.15) is 0 Å². The molecule has 0 aliphatic rings. The average molecular weight is 602 g/mol. The fraction of sp³-hybridized carbons (Fsp3) is 0.0312. The summed E-state index contributed by atoms with van der Waals surface area (Å²) in [4.78, 5) is 4.59. The number of halogens is 2. The van der Waals surface area contributed by atoms with Crippen LogP contribution in [0.25, 0.3) is 0 Å². The molecular formula is C32H25Cl2NOZr. The molecule has 0 amide bonds. The number of nitrogens with zero attached hydrogens (tertiary/aromatic N) is 1. The van der Waals surface area contributed by atoms with Crippen LogP contribution in [0.3, 0.4) is 0 Å². The van der Waals surface area contributed by atoms with Crippen molar-refractivity contribution in [3.05, 3.63) is 167 Å². The SMILES string of the molecule is Oc1c(C=Nc2ccccc2)cccc1C(c1ccccc1)(c1ccccc1)c1ccccc1.[Cl][Zr][Cl]. The third kappa shape index (κ3) is 6.13. The van der Waals surface area contributed by atoms with Crippen LogP contribution in [0.15, 0.2) is 145 Å². The van der Waals surface area contributed by atoms with Crippen LogP contribution in [0.2, 0.25) is 0 Å². The van der Waals surface area contributed by atoms with E-state index in [1.807, 2.05) is 103 Å². The molecule has 5 rings (SSSR count). The number of para-hydroxylation sites is 2. The molecule has 0 aliphatic heterocycles. The first-order chi connectivity index (χ1) is 18.2. The first-order valence-electron chi connectivity index (χ1n) is 11.8. The molecule has 0 unspecified atom stereocenters. The van der Waals surface area contributed by atoms with Crippen molar-refractivity contribution in [2.75, 3.05) is 0 Å². The monoisotopic (exact) mass is 599 g/mol. The summed E-state index contributed by atoms with van der Waals surface area (Å²) < 4.78 is 0. The van der Waals surface area contributed by atoms with Crippen LogP contribution >= 0.6 is 17.0 Å². The summed E-state index contributed by atoms with van der Waals surface area (Å²) in [5, 5.41) is 11.7. The van der Waals surface area contributed by atoms with Gasteiger partial charge in [0.25, 0.3) is 0 Å². The molecule has 5 heteroatoms. The number of hydrogen-bond donors (Lipinski definition) is 1. The predicted octanol–water partition coefficient (Wildman–Crippen LogP) is 8.90. The van der Waals surface area contributed by atoms with Crippen molar-refractivity contribution in [1.29, 1.82) is 0 Å². The fourth-order valence-corrected chi connectivity index (χ4v) is 4.66. The van der Waals surface area contributed by atoms with E-state index in [0.29, 0.717) is 5.56 Å². The van der Waals surface area contributed by atoms with Gasteiger partial charge in [0.15, 0.2) is 0 Å². The van der Waals surface area contributed by atoms with Crippen molar-refractivity contribution in [3.8, 4) is 5.75 Å². The third-order valence-electron chi connectivity index (χ3n) is 6.20. The second-order valence-corrected chi connectivity index (χ2v) is 12.0. The molecule has 0 radical (unpaired) electrons. The Morgan fingerprint density at radius 1 is 0.568 bits per heavy atom. The summed E-state index contributed by atoms with van der Waals surface area (Å²) in [6, 6.07) is 46.8. The molecule has 5 aromatic carbocycles. The Kier molecular flexibility index (Phi) is 9.91. The molecule has 1 N–H and O–H groups in total. The van der Waals surface area contributed by atoms with Crippen molar-refractivity contribution in [2.24, 2.45) is 4.99 Å². The second kappa shape index (κ2) is 13.5. The molecule has 37 heavy (non-hydrogen) atoms. The molecule has 0 atom stereocenters. The number of phenolic OH excluding ortho intramolecular Hbond substituents is 1. The van der Waals surface area contributed by atoms with Crippen LogP contribution in [0, 0.1) is 0 Å². The Labute approximate surface area is 236 Å². The van der Waals surface area contributed by atoms with Gasteiger partial charge in [-0.1, -0.05) is 121 Å². The quantitative estimate of drug-likeness (QED) is 0.153. The number of benzene rings is 5. The van der Waals surface area contributed by atoms with E-state index >= 15 is 0 Å². The normalized spacial score (nSPS) is 11.0. The standard InChI is InChI=1S/C32H25NO.2ClH.Zr/c34-31-25(24-33-29-21-11-4-12-22-29)14-13-23-30(31)32(26-15-5-1-6-16-26,27-17-7-2-8-18-27)28-19-9-3-10-20-28;;;/h1-24,34H;2*1H;/q;;;+2/p-2. The van der Waals surface area contributed by atoms with Crippen molar-refractivity contribution >= 4 is 28.9 Å². The molecule has 0 saturated carbocycles. The Hall–Kier alpha value is -2.97. The van der Waals surface area contributed by atoms with Crippen LogP contribution in [-0.4, -0.2) is 11.3 Å². The summed E-state index contributed by atoms with van der Waals surface area (Å²) in [6.45, 7) is 0. The molecule has 0 fully saturated rings. The molecule has 182 valence electrons. The zero-order valence-electron chi connectivity index (χ0n) is 20.0. The van der Waals surface area contributed by atoms with Crippen molar-refractivity contribution < 1.29 is 26.0 Å². The molecule has 0 aliphatic carbocycles. The van der Waals surface area contributed by atoms with Gasteiger partial charge in [0.2, 0.25) is 0 Å². The second-order valence-electron chi connectivity index (χ2n) is 8.26. The van der Waals surface area contributed by atoms with Crippen LogP contribution in [-0.2, 0) is 26.3 Å². The van der Waals surface area contributed by atoms with Gasteiger partial charge in [-0.25, -0.2) is 0 Å². The zero-order chi connectivity index (χ0) is 25.9. The first-order valence-corrected chi connectivity index (χ1v) is 18.1. The summed E-state index contributed by atoms with van der Waals surface area (Å²) in [7, 11) is 9.87. The Morgan fingerprint density at radius 3 is 1.41 bits per heavy atom. The van der Waals surface area contributed by atoms with Gasteiger partial charge in [0.1, 0.15) is 5.75 Å². The van der Waals surface area contributed by atoms with E-state index in [1.54, 1.807) is 6.21 Å². The van der Waals surface area contributed by atoms with E-state index in [1.165, 1.54) is 0 Å². The van der Waals surface area contributed by atoms with Crippen LogP contribution < -0.4 is 0 Å². The van der Waals surface area contributed by atoms with E-state index in [0.717, 1.165) is 27.9 Å². The molecule has 0 bridgehead atoms. The number of phenols is 1.